The standard InChI is InChI=1S/C28H29N3O3/c1-17-27(18(2)30(3)29-17)19-12-20-14-33-15-21(13-19)31(20)28(32)34-16-26-24-10-6-4-8-22(24)23-9-5-7-11-25(23)26/h4-12,20-21,26H,13-16H2,1-3H3. The lowest BCUT2D eigenvalue weighted by molar-refractivity contribution is -0.0331. The Morgan fingerprint density at radius 3 is 2.35 bits per heavy atom. The van der Waals surface area contributed by atoms with E-state index in [4.69, 9.17) is 9.47 Å². The fraction of sp³-hybridized carbons (Fsp3) is 0.357. The molecule has 0 N–H and O–H groups in total. The molecule has 6 nitrogen and oxygen atoms in total. The molecule has 0 spiro atoms. The molecule has 174 valence electrons. The van der Waals surface area contributed by atoms with Gasteiger partial charge in [-0.05, 0) is 48.1 Å². The van der Waals surface area contributed by atoms with Crippen LogP contribution >= 0.6 is 0 Å². The third-order valence-electron chi connectivity index (χ3n) is 7.58. The van der Waals surface area contributed by atoms with E-state index in [0.29, 0.717) is 19.8 Å². The molecule has 3 heterocycles. The molecule has 1 saturated heterocycles. The lowest BCUT2D eigenvalue weighted by Gasteiger charge is -2.44. The Morgan fingerprint density at radius 1 is 1.06 bits per heavy atom. The van der Waals surface area contributed by atoms with E-state index in [1.54, 1.807) is 0 Å². The van der Waals surface area contributed by atoms with Crippen molar-refractivity contribution in [2.45, 2.75) is 38.3 Å². The molecule has 6 rings (SSSR count). The fourth-order valence-corrected chi connectivity index (χ4v) is 5.97. The van der Waals surface area contributed by atoms with E-state index in [-0.39, 0.29) is 24.1 Å². The smallest absolute Gasteiger partial charge is 0.410 e. The summed E-state index contributed by atoms with van der Waals surface area (Å²) < 4.78 is 13.7. The molecule has 2 atom stereocenters. The lowest BCUT2D eigenvalue weighted by Crippen LogP contribution is -2.56. The molecule has 2 aromatic carbocycles. The van der Waals surface area contributed by atoms with E-state index in [1.165, 1.54) is 33.4 Å². The zero-order valence-corrected chi connectivity index (χ0v) is 19.8. The van der Waals surface area contributed by atoms with Gasteiger partial charge in [0.25, 0.3) is 0 Å². The molecular formula is C28H29N3O3. The van der Waals surface area contributed by atoms with E-state index in [0.717, 1.165) is 17.8 Å². The molecule has 34 heavy (non-hydrogen) atoms. The molecule has 1 fully saturated rings. The van der Waals surface area contributed by atoms with Gasteiger partial charge in [-0.25, -0.2) is 4.79 Å². The van der Waals surface area contributed by atoms with Gasteiger partial charge in [0, 0.05) is 24.2 Å². The van der Waals surface area contributed by atoms with Gasteiger partial charge in [0.1, 0.15) is 6.61 Å². The molecule has 0 saturated carbocycles. The molecule has 6 heteroatoms. The van der Waals surface area contributed by atoms with Crippen molar-refractivity contribution in [3.63, 3.8) is 0 Å². The Balaban J connectivity index is 1.24. The summed E-state index contributed by atoms with van der Waals surface area (Å²) in [7, 11) is 1.97. The predicted molar refractivity (Wildman–Crippen MR) is 131 cm³/mol. The zero-order valence-electron chi connectivity index (χ0n) is 19.8. The monoisotopic (exact) mass is 455 g/mol. The number of hydrogen-bond donors (Lipinski definition) is 0. The minimum absolute atomic E-state index is 0.0339. The van der Waals surface area contributed by atoms with Crippen molar-refractivity contribution >= 4 is 11.7 Å². The highest BCUT2D eigenvalue weighted by Crippen LogP contribution is 2.44. The Morgan fingerprint density at radius 2 is 1.74 bits per heavy atom. The third kappa shape index (κ3) is 3.28. The Hall–Kier alpha value is -3.38. The molecular weight excluding hydrogens is 426 g/mol. The van der Waals surface area contributed by atoms with E-state index in [1.807, 2.05) is 23.6 Å². The van der Waals surface area contributed by atoms with Crippen LogP contribution in [-0.4, -0.2) is 52.7 Å². The second-order valence-electron chi connectivity index (χ2n) is 9.54. The normalized spacial score (nSPS) is 21.1. The van der Waals surface area contributed by atoms with Crippen LogP contribution < -0.4 is 0 Å². The van der Waals surface area contributed by atoms with Crippen LogP contribution in [0.15, 0.2) is 54.6 Å². The number of carbonyl (C=O) groups is 1. The highest BCUT2D eigenvalue weighted by atomic mass is 16.6. The maximum atomic E-state index is 13.4. The summed E-state index contributed by atoms with van der Waals surface area (Å²) in [6.07, 6.45) is 2.66. The average molecular weight is 456 g/mol. The van der Waals surface area contributed by atoms with Gasteiger partial charge >= 0.3 is 6.09 Å². The number of aromatic nitrogens is 2. The van der Waals surface area contributed by atoms with Crippen LogP contribution in [-0.2, 0) is 16.5 Å². The molecule has 1 amide bonds. The number of hydrogen-bond acceptors (Lipinski definition) is 4. The van der Waals surface area contributed by atoms with Crippen molar-refractivity contribution in [1.82, 2.24) is 14.7 Å². The summed E-state index contributed by atoms with van der Waals surface area (Å²) in [5.74, 6) is 0.0593. The summed E-state index contributed by atoms with van der Waals surface area (Å²) >= 11 is 0. The number of fused-ring (bicyclic) bond motifs is 5. The number of carbonyl (C=O) groups excluding carboxylic acids is 1. The van der Waals surface area contributed by atoms with Crippen LogP contribution in [0.1, 0.15) is 40.4 Å². The molecule has 1 aromatic heterocycles. The second-order valence-corrected chi connectivity index (χ2v) is 9.54. The number of benzene rings is 2. The van der Waals surface area contributed by atoms with Gasteiger partial charge in [0.05, 0.1) is 31.0 Å². The van der Waals surface area contributed by atoms with Crippen molar-refractivity contribution in [2.75, 3.05) is 19.8 Å². The van der Waals surface area contributed by atoms with Crippen molar-refractivity contribution < 1.29 is 14.3 Å². The van der Waals surface area contributed by atoms with Crippen LogP contribution in [0.2, 0.25) is 0 Å². The second kappa shape index (κ2) is 8.13. The topological polar surface area (TPSA) is 56.6 Å². The van der Waals surface area contributed by atoms with Gasteiger partial charge in [-0.3, -0.25) is 9.58 Å². The Bertz CT molecular complexity index is 1260. The van der Waals surface area contributed by atoms with Crippen LogP contribution in [0.3, 0.4) is 0 Å². The van der Waals surface area contributed by atoms with Gasteiger partial charge in [-0.15, -0.1) is 0 Å². The molecule has 1 aliphatic carbocycles. The first-order chi connectivity index (χ1) is 16.5. The zero-order chi connectivity index (χ0) is 23.4. The number of nitrogens with zero attached hydrogens (tertiary/aromatic N) is 3. The van der Waals surface area contributed by atoms with Gasteiger partial charge in [-0.2, -0.15) is 5.10 Å². The maximum absolute atomic E-state index is 13.4. The van der Waals surface area contributed by atoms with Crippen LogP contribution in [0.5, 0.6) is 0 Å². The molecule has 2 bridgehead atoms. The maximum Gasteiger partial charge on any atom is 0.410 e. The lowest BCUT2D eigenvalue weighted by atomic mass is 9.89. The third-order valence-corrected chi connectivity index (χ3v) is 7.58. The molecule has 2 aliphatic heterocycles. The average Bonchev–Trinajstić information content (AvgIpc) is 3.29. The SMILES string of the molecule is Cc1nn(C)c(C)c1C1=CC2COCC(C1)N2C(=O)OCC1c2ccccc2-c2ccccc21. The molecule has 0 radical (unpaired) electrons. The predicted octanol–water partition coefficient (Wildman–Crippen LogP) is 4.84. The Labute approximate surface area is 199 Å². The quantitative estimate of drug-likeness (QED) is 0.567. The summed E-state index contributed by atoms with van der Waals surface area (Å²) in [4.78, 5) is 15.3. The number of ether oxygens (including phenoxy) is 2. The highest BCUT2D eigenvalue weighted by Gasteiger charge is 2.40. The number of aryl methyl sites for hydroxylation is 2. The van der Waals surface area contributed by atoms with Crippen molar-refractivity contribution in [2.24, 2.45) is 7.05 Å². The molecule has 3 aliphatic rings. The number of morpholine rings is 1. The number of amides is 1. The fourth-order valence-electron chi connectivity index (χ4n) is 5.97. The van der Waals surface area contributed by atoms with Gasteiger partial charge in [0.2, 0.25) is 0 Å². The van der Waals surface area contributed by atoms with Crippen LogP contribution in [0, 0.1) is 13.8 Å². The van der Waals surface area contributed by atoms with Gasteiger partial charge in [0.15, 0.2) is 0 Å². The molecule has 3 aromatic rings. The van der Waals surface area contributed by atoms with Gasteiger partial charge < -0.3 is 9.47 Å². The first kappa shape index (κ1) is 21.2. The molecule has 2 unspecified atom stereocenters. The number of rotatable bonds is 3. The summed E-state index contributed by atoms with van der Waals surface area (Å²) in [5, 5.41) is 4.58. The van der Waals surface area contributed by atoms with Crippen LogP contribution in [0.4, 0.5) is 4.79 Å². The Kier molecular flexibility index (Phi) is 5.06. The van der Waals surface area contributed by atoms with Crippen molar-refractivity contribution in [3.8, 4) is 11.1 Å². The summed E-state index contributed by atoms with van der Waals surface area (Å²) in [6.45, 7) is 5.49. The highest BCUT2D eigenvalue weighted by molar-refractivity contribution is 5.79. The van der Waals surface area contributed by atoms with Crippen molar-refractivity contribution in [3.05, 3.63) is 82.7 Å². The van der Waals surface area contributed by atoms with E-state index >= 15 is 0 Å². The summed E-state index contributed by atoms with van der Waals surface area (Å²) in [5.41, 5.74) is 9.55. The van der Waals surface area contributed by atoms with Crippen LogP contribution in [0.25, 0.3) is 16.7 Å². The minimum atomic E-state index is -0.255. The van der Waals surface area contributed by atoms with E-state index in [2.05, 4.69) is 66.6 Å². The first-order valence-corrected chi connectivity index (χ1v) is 11.9. The largest absolute Gasteiger partial charge is 0.448 e. The minimum Gasteiger partial charge on any atom is -0.448 e. The van der Waals surface area contributed by atoms with E-state index in [9.17, 15) is 4.79 Å². The van der Waals surface area contributed by atoms with Crippen molar-refractivity contribution in [1.29, 1.82) is 0 Å². The summed E-state index contributed by atoms with van der Waals surface area (Å²) in [6, 6.07) is 16.7. The first-order valence-electron chi connectivity index (χ1n) is 11.9. The van der Waals surface area contributed by atoms with Gasteiger partial charge in [-0.1, -0.05) is 54.6 Å². The van der Waals surface area contributed by atoms with E-state index < -0.39 is 0 Å².